The summed E-state index contributed by atoms with van der Waals surface area (Å²) in [5, 5.41) is 12.7. The van der Waals surface area contributed by atoms with Crippen molar-refractivity contribution in [1.29, 1.82) is 0 Å². The van der Waals surface area contributed by atoms with Crippen LogP contribution in [0.3, 0.4) is 0 Å². The Kier molecular flexibility index (Phi) is 3.95. The summed E-state index contributed by atoms with van der Waals surface area (Å²) >= 11 is 0. The first-order chi connectivity index (χ1) is 8.65. The highest BCUT2D eigenvalue weighted by Gasteiger charge is 2.05. The summed E-state index contributed by atoms with van der Waals surface area (Å²) in [4.78, 5) is 4.45. The smallest absolute Gasteiger partial charge is 0.115 e. The minimum absolute atomic E-state index is 0.230. The van der Waals surface area contributed by atoms with Crippen molar-refractivity contribution in [2.45, 2.75) is 26.4 Å². The molecule has 18 heavy (non-hydrogen) atoms. The molecule has 1 atom stereocenters. The van der Waals surface area contributed by atoms with Gasteiger partial charge in [-0.3, -0.25) is 4.98 Å². The molecule has 0 saturated heterocycles. The van der Waals surface area contributed by atoms with E-state index in [4.69, 9.17) is 0 Å². The molecule has 3 heteroatoms. The van der Waals surface area contributed by atoms with Crippen LogP contribution in [0.1, 0.15) is 29.9 Å². The molecule has 0 aliphatic rings. The molecule has 1 unspecified atom stereocenters. The van der Waals surface area contributed by atoms with Crippen molar-refractivity contribution >= 4 is 0 Å². The zero-order chi connectivity index (χ0) is 13.0. The number of hydrogen-bond acceptors (Lipinski definition) is 3. The number of hydrogen-bond donors (Lipinski definition) is 2. The lowest BCUT2D eigenvalue weighted by atomic mass is 10.1. The van der Waals surface area contributed by atoms with Crippen molar-refractivity contribution in [2.75, 3.05) is 0 Å². The average molecular weight is 242 g/mol. The third-order valence-electron chi connectivity index (χ3n) is 2.93. The summed E-state index contributed by atoms with van der Waals surface area (Å²) in [6.07, 6.45) is 0. The Bertz CT molecular complexity index is 508. The Balaban J connectivity index is 1.96. The lowest BCUT2D eigenvalue weighted by Gasteiger charge is -2.14. The standard InChI is InChI=1S/C15H18N2O/c1-11-4-3-5-14(17-11)10-16-12(2)13-6-8-15(18)9-7-13/h3-9,12,16,18H,10H2,1-2H3. The first-order valence-corrected chi connectivity index (χ1v) is 6.10. The monoisotopic (exact) mass is 242 g/mol. The molecule has 0 saturated carbocycles. The second kappa shape index (κ2) is 5.65. The van der Waals surface area contributed by atoms with Gasteiger partial charge in [0.1, 0.15) is 5.75 Å². The van der Waals surface area contributed by atoms with Gasteiger partial charge in [0.15, 0.2) is 0 Å². The predicted octanol–water partition coefficient (Wildman–Crippen LogP) is 2.95. The zero-order valence-corrected chi connectivity index (χ0v) is 10.7. The topological polar surface area (TPSA) is 45.1 Å². The van der Waals surface area contributed by atoms with Crippen molar-refractivity contribution in [1.82, 2.24) is 10.3 Å². The number of nitrogens with zero attached hydrogens (tertiary/aromatic N) is 1. The lowest BCUT2D eigenvalue weighted by Crippen LogP contribution is -2.18. The Morgan fingerprint density at radius 3 is 2.56 bits per heavy atom. The third-order valence-corrected chi connectivity index (χ3v) is 2.93. The first-order valence-electron chi connectivity index (χ1n) is 6.10. The molecule has 0 aliphatic carbocycles. The molecule has 2 aromatic rings. The predicted molar refractivity (Wildman–Crippen MR) is 72.3 cm³/mol. The maximum Gasteiger partial charge on any atom is 0.115 e. The lowest BCUT2D eigenvalue weighted by molar-refractivity contribution is 0.474. The van der Waals surface area contributed by atoms with E-state index < -0.39 is 0 Å². The first kappa shape index (κ1) is 12.6. The largest absolute Gasteiger partial charge is 0.508 e. The molecule has 94 valence electrons. The number of nitrogens with one attached hydrogen (secondary N) is 1. The van der Waals surface area contributed by atoms with Gasteiger partial charge in [0.05, 0.1) is 5.69 Å². The minimum Gasteiger partial charge on any atom is -0.508 e. The Morgan fingerprint density at radius 1 is 1.17 bits per heavy atom. The molecule has 3 nitrogen and oxygen atoms in total. The van der Waals surface area contributed by atoms with E-state index in [2.05, 4.69) is 17.2 Å². The van der Waals surface area contributed by atoms with Crippen molar-refractivity contribution < 1.29 is 5.11 Å². The number of aromatic nitrogens is 1. The Hall–Kier alpha value is -1.87. The van der Waals surface area contributed by atoms with Crippen LogP contribution in [0, 0.1) is 6.92 Å². The van der Waals surface area contributed by atoms with E-state index in [-0.39, 0.29) is 6.04 Å². The molecule has 0 fully saturated rings. The number of pyridine rings is 1. The maximum atomic E-state index is 9.25. The maximum absolute atomic E-state index is 9.25. The summed E-state index contributed by atoms with van der Waals surface area (Å²) in [7, 11) is 0. The Labute approximate surface area is 108 Å². The van der Waals surface area contributed by atoms with E-state index in [9.17, 15) is 5.11 Å². The third kappa shape index (κ3) is 3.31. The fourth-order valence-electron chi connectivity index (χ4n) is 1.84. The molecule has 0 aliphatic heterocycles. The van der Waals surface area contributed by atoms with Gasteiger partial charge in [0.25, 0.3) is 0 Å². The van der Waals surface area contributed by atoms with E-state index in [1.54, 1.807) is 12.1 Å². The van der Waals surface area contributed by atoms with Gasteiger partial charge in [0.2, 0.25) is 0 Å². The van der Waals surface area contributed by atoms with Crippen LogP contribution in [-0.2, 0) is 6.54 Å². The van der Waals surface area contributed by atoms with Crippen LogP contribution in [0.5, 0.6) is 5.75 Å². The number of phenolic OH excluding ortho intramolecular Hbond substituents is 1. The van der Waals surface area contributed by atoms with Crippen LogP contribution in [0.25, 0.3) is 0 Å². The highest BCUT2D eigenvalue weighted by molar-refractivity contribution is 5.27. The fraction of sp³-hybridized carbons (Fsp3) is 0.267. The van der Waals surface area contributed by atoms with Gasteiger partial charge in [-0.15, -0.1) is 0 Å². The van der Waals surface area contributed by atoms with E-state index in [1.807, 2.05) is 37.3 Å². The number of phenols is 1. The summed E-state index contributed by atoms with van der Waals surface area (Å²) in [5.74, 6) is 0.298. The summed E-state index contributed by atoms with van der Waals surface area (Å²) in [5.41, 5.74) is 3.23. The van der Waals surface area contributed by atoms with Crippen molar-refractivity contribution in [2.24, 2.45) is 0 Å². The van der Waals surface area contributed by atoms with E-state index in [1.165, 1.54) is 0 Å². The second-order valence-corrected chi connectivity index (χ2v) is 4.46. The number of aryl methyl sites for hydroxylation is 1. The highest BCUT2D eigenvalue weighted by Crippen LogP contribution is 2.16. The fourth-order valence-corrected chi connectivity index (χ4v) is 1.84. The molecular formula is C15H18N2O. The average Bonchev–Trinajstić information content (AvgIpc) is 2.37. The molecule has 1 heterocycles. The number of aromatic hydroxyl groups is 1. The van der Waals surface area contributed by atoms with Crippen LogP contribution >= 0.6 is 0 Å². The van der Waals surface area contributed by atoms with Gasteiger partial charge in [-0.25, -0.2) is 0 Å². The molecule has 1 aromatic heterocycles. The quantitative estimate of drug-likeness (QED) is 0.866. The minimum atomic E-state index is 0.230. The van der Waals surface area contributed by atoms with Gasteiger partial charge in [0, 0.05) is 18.3 Å². The SMILES string of the molecule is Cc1cccc(CNC(C)c2ccc(O)cc2)n1. The van der Waals surface area contributed by atoms with Crippen LogP contribution in [0.15, 0.2) is 42.5 Å². The normalized spacial score (nSPS) is 12.3. The number of rotatable bonds is 4. The summed E-state index contributed by atoms with van der Waals surface area (Å²) in [6, 6.07) is 13.5. The van der Waals surface area contributed by atoms with Crippen LogP contribution in [0.2, 0.25) is 0 Å². The van der Waals surface area contributed by atoms with E-state index >= 15 is 0 Å². The molecule has 0 amide bonds. The second-order valence-electron chi connectivity index (χ2n) is 4.46. The molecule has 2 N–H and O–H groups in total. The van der Waals surface area contributed by atoms with Crippen LogP contribution in [0.4, 0.5) is 0 Å². The number of benzene rings is 1. The Morgan fingerprint density at radius 2 is 1.89 bits per heavy atom. The van der Waals surface area contributed by atoms with Crippen molar-refractivity contribution in [3.05, 3.63) is 59.4 Å². The molecule has 1 aromatic carbocycles. The van der Waals surface area contributed by atoms with Gasteiger partial charge < -0.3 is 10.4 Å². The van der Waals surface area contributed by atoms with Gasteiger partial charge in [-0.2, -0.15) is 0 Å². The molecule has 0 bridgehead atoms. The van der Waals surface area contributed by atoms with E-state index in [0.717, 1.165) is 23.5 Å². The van der Waals surface area contributed by atoms with E-state index in [0.29, 0.717) is 5.75 Å². The molecule has 0 radical (unpaired) electrons. The molecule has 2 rings (SSSR count). The molecule has 0 spiro atoms. The summed E-state index contributed by atoms with van der Waals surface area (Å²) in [6.45, 7) is 4.83. The summed E-state index contributed by atoms with van der Waals surface area (Å²) < 4.78 is 0. The highest BCUT2D eigenvalue weighted by atomic mass is 16.3. The van der Waals surface area contributed by atoms with Crippen molar-refractivity contribution in [3.63, 3.8) is 0 Å². The van der Waals surface area contributed by atoms with Gasteiger partial charge in [-0.1, -0.05) is 18.2 Å². The van der Waals surface area contributed by atoms with Crippen molar-refractivity contribution in [3.8, 4) is 5.75 Å². The zero-order valence-electron chi connectivity index (χ0n) is 10.7. The van der Waals surface area contributed by atoms with Gasteiger partial charge >= 0.3 is 0 Å². The van der Waals surface area contributed by atoms with Crippen LogP contribution < -0.4 is 5.32 Å². The van der Waals surface area contributed by atoms with Crippen LogP contribution in [-0.4, -0.2) is 10.1 Å². The van der Waals surface area contributed by atoms with Gasteiger partial charge in [-0.05, 0) is 43.7 Å². The molecular weight excluding hydrogens is 224 g/mol.